The van der Waals surface area contributed by atoms with Crippen molar-refractivity contribution in [2.75, 3.05) is 0 Å². The molecule has 4 saturated carbocycles. The van der Waals surface area contributed by atoms with E-state index < -0.39 is 45.5 Å². The van der Waals surface area contributed by atoms with Crippen molar-refractivity contribution >= 4 is 23.9 Å². The van der Waals surface area contributed by atoms with Crippen LogP contribution in [0.5, 0.6) is 5.75 Å². The molecule has 0 radical (unpaired) electrons. The third kappa shape index (κ3) is 8.65. The zero-order chi connectivity index (χ0) is 38.7. The van der Waals surface area contributed by atoms with E-state index in [4.69, 9.17) is 0 Å². The largest absolute Gasteiger partial charge is 0.508 e. The predicted octanol–water partition coefficient (Wildman–Crippen LogP) is 9.40. The summed E-state index contributed by atoms with van der Waals surface area (Å²) in [5.41, 5.74) is 4.17. The van der Waals surface area contributed by atoms with Crippen LogP contribution in [0, 0.1) is 28.6 Å². The highest BCUT2D eigenvalue weighted by molar-refractivity contribution is 5.81. The van der Waals surface area contributed by atoms with E-state index in [1.165, 1.54) is 16.7 Å². The lowest BCUT2D eigenvalue weighted by molar-refractivity contribution is -0.144. The standard InChI is InChI=1S/C45H60O9/c1-30-11-10-13-31(12-2-6-19-42(23-24-42)38(47)48)32(30)14-5-9-22-45(41(53)54)29-36(45)34-17-18-37(46)35(16-4-8-21-44(27-28-44)40(51)52)33(34)15-3-7-20-43(25-26-43)39(49)50/h10-11,13,17-18,36,46H,2-9,12,14-16,19-29H2,1H3,(H,47,48)(H,49,50)(H,51,52)(H,53,54). The molecule has 5 N–H and O–H groups in total. The third-order valence-corrected chi connectivity index (χ3v) is 14.1. The van der Waals surface area contributed by atoms with Crippen LogP contribution < -0.4 is 0 Å². The van der Waals surface area contributed by atoms with E-state index >= 15 is 0 Å². The minimum Gasteiger partial charge on any atom is -0.508 e. The molecule has 2 unspecified atom stereocenters. The van der Waals surface area contributed by atoms with Crippen LogP contribution in [0.2, 0.25) is 0 Å². The molecule has 2 aromatic carbocycles. The summed E-state index contributed by atoms with van der Waals surface area (Å²) in [5, 5.41) is 50.6. The van der Waals surface area contributed by atoms with Gasteiger partial charge in [-0.2, -0.15) is 0 Å². The molecule has 4 aliphatic rings. The zero-order valence-electron chi connectivity index (χ0n) is 32.1. The highest BCUT2D eigenvalue weighted by atomic mass is 16.4. The molecule has 0 bridgehead atoms. The van der Waals surface area contributed by atoms with Crippen LogP contribution in [0.15, 0.2) is 30.3 Å². The molecule has 0 spiro atoms. The number of hydrogen-bond acceptors (Lipinski definition) is 5. The molecule has 2 atom stereocenters. The lowest BCUT2D eigenvalue weighted by Crippen LogP contribution is -2.18. The van der Waals surface area contributed by atoms with Gasteiger partial charge in [-0.1, -0.05) is 49.9 Å². The van der Waals surface area contributed by atoms with E-state index in [0.29, 0.717) is 64.2 Å². The molecule has 0 aromatic heterocycles. The Morgan fingerprint density at radius 1 is 0.556 bits per heavy atom. The van der Waals surface area contributed by atoms with Gasteiger partial charge >= 0.3 is 23.9 Å². The second-order valence-electron chi connectivity index (χ2n) is 17.6. The van der Waals surface area contributed by atoms with Crippen molar-refractivity contribution in [2.24, 2.45) is 21.7 Å². The van der Waals surface area contributed by atoms with Crippen molar-refractivity contribution < 1.29 is 44.7 Å². The number of carbonyl (C=O) groups is 4. The average molecular weight is 745 g/mol. The SMILES string of the molecule is Cc1cccc(CCCCC2(C(=O)O)CC2)c1CCCCC1(C(=O)O)CC1c1ccc(O)c(CCCCC2(C(=O)O)CC2)c1CCCCC1(C(=O)O)CC1. The molecule has 9 nitrogen and oxygen atoms in total. The van der Waals surface area contributed by atoms with Gasteiger partial charge in [0.2, 0.25) is 0 Å². The summed E-state index contributed by atoms with van der Waals surface area (Å²) in [6.45, 7) is 2.13. The maximum atomic E-state index is 13.0. The first-order chi connectivity index (χ1) is 25.8. The van der Waals surface area contributed by atoms with Crippen molar-refractivity contribution in [2.45, 2.75) is 161 Å². The van der Waals surface area contributed by atoms with Crippen molar-refractivity contribution in [3.05, 3.63) is 63.7 Å². The number of aromatic hydroxyl groups is 1. The first-order valence-electron chi connectivity index (χ1n) is 20.6. The smallest absolute Gasteiger partial charge is 0.310 e. The lowest BCUT2D eigenvalue weighted by Gasteiger charge is -2.20. The Hall–Kier alpha value is -3.88. The first-order valence-corrected chi connectivity index (χ1v) is 20.6. The number of benzene rings is 2. The number of aryl methyl sites for hydroxylation is 2. The van der Waals surface area contributed by atoms with Crippen molar-refractivity contribution in [1.82, 2.24) is 0 Å². The van der Waals surface area contributed by atoms with Gasteiger partial charge in [0, 0.05) is 5.92 Å². The molecule has 4 aliphatic carbocycles. The van der Waals surface area contributed by atoms with Crippen molar-refractivity contribution in [3.63, 3.8) is 0 Å². The number of aliphatic carboxylic acids is 4. The normalized spacial score (nSPS) is 22.4. The number of phenolic OH excluding ortho intramolecular Hbond substituents is 1. The highest BCUT2D eigenvalue weighted by Gasteiger charge is 2.60. The Kier molecular flexibility index (Phi) is 11.8. The third-order valence-electron chi connectivity index (χ3n) is 14.1. The molecule has 6 rings (SSSR count). The van der Waals surface area contributed by atoms with Gasteiger partial charge in [-0.05, 0) is 168 Å². The fourth-order valence-corrected chi connectivity index (χ4v) is 9.50. The second-order valence-corrected chi connectivity index (χ2v) is 17.6. The molecule has 54 heavy (non-hydrogen) atoms. The van der Waals surface area contributed by atoms with Gasteiger partial charge in [0.25, 0.3) is 0 Å². The van der Waals surface area contributed by atoms with Crippen LogP contribution in [0.3, 0.4) is 0 Å². The van der Waals surface area contributed by atoms with Gasteiger partial charge in [0.15, 0.2) is 0 Å². The number of carboxylic acids is 4. The molecule has 0 saturated heterocycles. The van der Waals surface area contributed by atoms with Gasteiger partial charge < -0.3 is 25.5 Å². The first kappa shape index (κ1) is 39.8. The van der Waals surface area contributed by atoms with Gasteiger partial charge in [-0.25, -0.2) is 0 Å². The summed E-state index contributed by atoms with van der Waals surface area (Å²) in [4.78, 5) is 48.1. The van der Waals surface area contributed by atoms with Gasteiger partial charge in [-0.15, -0.1) is 0 Å². The van der Waals surface area contributed by atoms with E-state index in [-0.39, 0.29) is 11.7 Å². The summed E-state index contributed by atoms with van der Waals surface area (Å²) in [6.07, 6.45) is 17.1. The van der Waals surface area contributed by atoms with Gasteiger partial charge in [-0.3, -0.25) is 19.2 Å². The Morgan fingerprint density at radius 2 is 1.02 bits per heavy atom. The number of hydrogen-bond donors (Lipinski definition) is 5. The molecule has 2 aromatic rings. The molecular formula is C45H60O9. The van der Waals surface area contributed by atoms with E-state index in [0.717, 1.165) is 100 Å². The Balaban J connectivity index is 1.09. The van der Waals surface area contributed by atoms with Crippen LogP contribution in [0.4, 0.5) is 0 Å². The van der Waals surface area contributed by atoms with Crippen LogP contribution in [-0.2, 0) is 44.9 Å². The number of rotatable bonds is 25. The molecule has 294 valence electrons. The maximum Gasteiger partial charge on any atom is 0.310 e. The van der Waals surface area contributed by atoms with Crippen LogP contribution in [0.1, 0.15) is 161 Å². The van der Waals surface area contributed by atoms with Crippen LogP contribution in [-0.4, -0.2) is 49.4 Å². The summed E-state index contributed by atoms with van der Waals surface area (Å²) >= 11 is 0. The van der Waals surface area contributed by atoms with E-state index in [1.54, 1.807) is 6.07 Å². The number of phenols is 1. The summed E-state index contributed by atoms with van der Waals surface area (Å²) in [5.74, 6) is -2.85. The fourth-order valence-electron chi connectivity index (χ4n) is 9.50. The molecule has 4 fully saturated rings. The Labute approximate surface area is 319 Å². The van der Waals surface area contributed by atoms with Crippen molar-refractivity contribution in [3.8, 4) is 5.75 Å². The predicted molar refractivity (Wildman–Crippen MR) is 205 cm³/mol. The van der Waals surface area contributed by atoms with E-state index in [2.05, 4.69) is 25.1 Å². The highest BCUT2D eigenvalue weighted by Crippen LogP contribution is 2.64. The second kappa shape index (κ2) is 16.1. The summed E-state index contributed by atoms with van der Waals surface area (Å²) in [7, 11) is 0. The average Bonchev–Trinajstić information content (AvgIpc) is 3.95. The molecule has 0 aliphatic heterocycles. The minimum absolute atomic E-state index is 0.158. The van der Waals surface area contributed by atoms with Gasteiger partial charge in [0.05, 0.1) is 21.7 Å². The molecular weight excluding hydrogens is 684 g/mol. The Morgan fingerprint density at radius 3 is 1.50 bits per heavy atom. The zero-order valence-corrected chi connectivity index (χ0v) is 32.1. The number of carboxylic acid groups (broad SMARTS) is 4. The quantitative estimate of drug-likeness (QED) is 0.0622. The molecule has 0 amide bonds. The minimum atomic E-state index is -0.859. The summed E-state index contributed by atoms with van der Waals surface area (Å²) < 4.78 is 0. The molecule has 9 heteroatoms. The van der Waals surface area contributed by atoms with E-state index in [9.17, 15) is 44.7 Å². The maximum absolute atomic E-state index is 13.0. The Bertz CT molecular complexity index is 1730. The van der Waals surface area contributed by atoms with Crippen LogP contribution >= 0.6 is 0 Å². The van der Waals surface area contributed by atoms with Crippen LogP contribution in [0.25, 0.3) is 0 Å². The van der Waals surface area contributed by atoms with E-state index in [1.807, 2.05) is 6.07 Å². The van der Waals surface area contributed by atoms with Gasteiger partial charge in [0.1, 0.15) is 5.75 Å². The van der Waals surface area contributed by atoms with Crippen molar-refractivity contribution in [1.29, 1.82) is 0 Å². The fraction of sp³-hybridized carbons (Fsp3) is 0.644. The monoisotopic (exact) mass is 744 g/mol. The number of unbranched alkanes of at least 4 members (excludes halogenated alkanes) is 4. The summed E-state index contributed by atoms with van der Waals surface area (Å²) in [6, 6.07) is 10.0. The molecule has 0 heterocycles. The topological polar surface area (TPSA) is 169 Å². The lowest BCUT2D eigenvalue weighted by atomic mass is 9.85.